The van der Waals surface area contributed by atoms with E-state index in [0.29, 0.717) is 22.8 Å². The van der Waals surface area contributed by atoms with Crippen LogP contribution in [0.5, 0.6) is 0 Å². The van der Waals surface area contributed by atoms with Gasteiger partial charge in [0.05, 0.1) is 20.7 Å². The van der Waals surface area contributed by atoms with Gasteiger partial charge in [0.1, 0.15) is 0 Å². The summed E-state index contributed by atoms with van der Waals surface area (Å²) in [5.41, 5.74) is 4.63. The van der Waals surface area contributed by atoms with E-state index in [-0.39, 0.29) is 12.0 Å². The van der Waals surface area contributed by atoms with Crippen molar-refractivity contribution in [1.29, 1.82) is 0 Å². The predicted octanol–water partition coefficient (Wildman–Crippen LogP) is 4.81. The Kier molecular flexibility index (Phi) is 6.92. The molecule has 0 radical (unpaired) electrons. The van der Waals surface area contributed by atoms with Crippen LogP contribution in [0.2, 0.25) is 0 Å². The number of amides is 2. The average molecular weight is 526 g/mol. The van der Waals surface area contributed by atoms with E-state index >= 15 is 0 Å². The lowest BCUT2D eigenvalue weighted by atomic mass is 10.0. The number of nitrogens with one attached hydrogen (secondary N) is 3. The first-order valence-electron chi connectivity index (χ1n) is 11.2. The monoisotopic (exact) mass is 525 g/mol. The van der Waals surface area contributed by atoms with Crippen molar-refractivity contribution in [2.75, 3.05) is 16.6 Å². The molecule has 0 saturated heterocycles. The standard InChI is InChI=1S/C24H27N7O3S2/c1-6-25-22(32)30-23-29-19-11-15(10-17(20(19)35-23)18-9-7-8-14(2)28-18)16-12-26-21(27-13-16)31-36(33,34)24(3,4)5/h7-13H,6H2,1-5H3,(H,26,27,31)(H2,25,29,30,32). The maximum absolute atomic E-state index is 12.4. The van der Waals surface area contributed by atoms with Crippen LogP contribution in [0.1, 0.15) is 33.4 Å². The summed E-state index contributed by atoms with van der Waals surface area (Å²) >= 11 is 1.36. The number of urea groups is 1. The number of benzene rings is 1. The lowest BCUT2D eigenvalue weighted by Crippen LogP contribution is -2.34. The van der Waals surface area contributed by atoms with E-state index in [1.807, 2.05) is 44.2 Å². The molecule has 3 heterocycles. The number of nitrogens with zero attached hydrogens (tertiary/aromatic N) is 4. The summed E-state index contributed by atoms with van der Waals surface area (Å²) in [6.45, 7) is 9.06. The Morgan fingerprint density at radius 1 is 1.06 bits per heavy atom. The minimum atomic E-state index is -3.65. The number of carbonyl (C=O) groups excluding carboxylic acids is 1. The van der Waals surface area contributed by atoms with Crippen LogP contribution in [0.25, 0.3) is 32.6 Å². The molecule has 0 aliphatic heterocycles. The number of fused-ring (bicyclic) bond motifs is 1. The van der Waals surface area contributed by atoms with Crippen LogP contribution in [-0.4, -0.2) is 45.7 Å². The summed E-state index contributed by atoms with van der Waals surface area (Å²) in [4.78, 5) is 29.8. The second-order valence-corrected chi connectivity index (χ2v) is 12.5. The number of sulfonamides is 1. The molecule has 2 amide bonds. The Morgan fingerprint density at radius 3 is 2.42 bits per heavy atom. The van der Waals surface area contributed by atoms with Crippen molar-refractivity contribution in [2.45, 2.75) is 39.4 Å². The normalized spacial score (nSPS) is 11.9. The zero-order valence-electron chi connectivity index (χ0n) is 20.6. The van der Waals surface area contributed by atoms with Gasteiger partial charge in [-0.3, -0.25) is 15.0 Å². The Hall–Kier alpha value is -3.64. The zero-order chi connectivity index (χ0) is 26.1. The van der Waals surface area contributed by atoms with Gasteiger partial charge in [-0.2, -0.15) is 0 Å². The highest BCUT2D eigenvalue weighted by Gasteiger charge is 2.29. The first kappa shape index (κ1) is 25.5. The summed E-state index contributed by atoms with van der Waals surface area (Å²) < 4.78 is 27.2. The first-order valence-corrected chi connectivity index (χ1v) is 13.5. The molecule has 1 aromatic carbocycles. The van der Waals surface area contributed by atoms with Gasteiger partial charge in [0.25, 0.3) is 0 Å². The van der Waals surface area contributed by atoms with E-state index in [4.69, 9.17) is 0 Å². The van der Waals surface area contributed by atoms with Crippen molar-refractivity contribution < 1.29 is 13.2 Å². The third kappa shape index (κ3) is 5.44. The average Bonchev–Trinajstić information content (AvgIpc) is 3.20. The van der Waals surface area contributed by atoms with Crippen molar-refractivity contribution >= 4 is 48.7 Å². The van der Waals surface area contributed by atoms with E-state index in [9.17, 15) is 13.2 Å². The fraction of sp³-hybridized carbons (Fsp3) is 0.292. The number of hydrogen-bond acceptors (Lipinski definition) is 8. The first-order chi connectivity index (χ1) is 17.0. The van der Waals surface area contributed by atoms with E-state index in [1.54, 1.807) is 33.2 Å². The van der Waals surface area contributed by atoms with Gasteiger partial charge in [-0.05, 0) is 64.4 Å². The van der Waals surface area contributed by atoms with Crippen molar-refractivity contribution in [2.24, 2.45) is 0 Å². The van der Waals surface area contributed by atoms with E-state index in [2.05, 4.69) is 35.3 Å². The number of aryl methyl sites for hydroxylation is 1. The molecule has 4 rings (SSSR count). The number of thiazole rings is 1. The Labute approximate surface area is 213 Å². The summed E-state index contributed by atoms with van der Waals surface area (Å²) in [6.07, 6.45) is 3.12. The number of hydrogen-bond donors (Lipinski definition) is 3. The van der Waals surface area contributed by atoms with Gasteiger partial charge in [0.2, 0.25) is 16.0 Å². The molecule has 0 atom stereocenters. The molecule has 0 bridgehead atoms. The summed E-state index contributed by atoms with van der Waals surface area (Å²) in [5, 5.41) is 5.93. The van der Waals surface area contributed by atoms with Crippen molar-refractivity contribution in [3.63, 3.8) is 0 Å². The van der Waals surface area contributed by atoms with Crippen molar-refractivity contribution in [3.8, 4) is 22.4 Å². The topological polar surface area (TPSA) is 139 Å². The summed E-state index contributed by atoms with van der Waals surface area (Å²) in [6, 6.07) is 9.30. The van der Waals surface area contributed by atoms with Crippen molar-refractivity contribution in [3.05, 3.63) is 48.4 Å². The smallest absolute Gasteiger partial charge is 0.321 e. The number of aromatic nitrogens is 4. The molecule has 10 nitrogen and oxygen atoms in total. The van der Waals surface area contributed by atoms with Crippen LogP contribution >= 0.6 is 11.3 Å². The van der Waals surface area contributed by atoms with Gasteiger partial charge in [-0.1, -0.05) is 17.4 Å². The van der Waals surface area contributed by atoms with Gasteiger partial charge >= 0.3 is 6.03 Å². The number of anilines is 2. The third-order valence-corrected chi connectivity index (χ3v) is 8.31. The van der Waals surface area contributed by atoms with Crippen LogP contribution in [0.4, 0.5) is 15.9 Å². The van der Waals surface area contributed by atoms with Gasteiger partial charge in [0, 0.05) is 35.8 Å². The van der Waals surface area contributed by atoms with Gasteiger partial charge in [-0.15, -0.1) is 0 Å². The van der Waals surface area contributed by atoms with E-state index in [0.717, 1.165) is 27.2 Å². The van der Waals surface area contributed by atoms with Crippen LogP contribution in [-0.2, 0) is 10.0 Å². The Morgan fingerprint density at radius 2 is 1.78 bits per heavy atom. The highest BCUT2D eigenvalue weighted by Crippen LogP contribution is 2.38. The molecule has 0 aliphatic carbocycles. The van der Waals surface area contributed by atoms with Crippen LogP contribution < -0.4 is 15.4 Å². The van der Waals surface area contributed by atoms with E-state index < -0.39 is 14.8 Å². The Balaban J connectivity index is 1.77. The molecular formula is C24H27N7O3S2. The maximum Gasteiger partial charge on any atom is 0.321 e. The molecule has 0 fully saturated rings. The fourth-order valence-electron chi connectivity index (χ4n) is 3.24. The van der Waals surface area contributed by atoms with Gasteiger partial charge in [0.15, 0.2) is 5.13 Å². The molecule has 3 aromatic heterocycles. The SMILES string of the molecule is CCNC(=O)Nc1nc2cc(-c3cnc(NS(=O)(=O)C(C)(C)C)nc3)cc(-c3cccc(C)n3)c2s1. The quantitative estimate of drug-likeness (QED) is 0.328. The highest BCUT2D eigenvalue weighted by molar-refractivity contribution is 7.94. The second-order valence-electron chi connectivity index (χ2n) is 9.05. The minimum Gasteiger partial charge on any atom is -0.338 e. The third-order valence-electron chi connectivity index (χ3n) is 5.23. The second kappa shape index (κ2) is 9.78. The predicted molar refractivity (Wildman–Crippen MR) is 144 cm³/mol. The lowest BCUT2D eigenvalue weighted by molar-refractivity contribution is 0.252. The molecular weight excluding hydrogens is 498 g/mol. The largest absolute Gasteiger partial charge is 0.338 e. The van der Waals surface area contributed by atoms with Crippen LogP contribution in [0.15, 0.2) is 42.7 Å². The number of rotatable bonds is 6. The zero-order valence-corrected chi connectivity index (χ0v) is 22.2. The molecule has 188 valence electrons. The molecule has 36 heavy (non-hydrogen) atoms. The number of carbonyl (C=O) groups is 1. The lowest BCUT2D eigenvalue weighted by Gasteiger charge is -2.19. The van der Waals surface area contributed by atoms with Crippen LogP contribution in [0.3, 0.4) is 0 Å². The summed E-state index contributed by atoms with van der Waals surface area (Å²) in [7, 11) is -3.65. The molecule has 0 aliphatic rings. The number of pyridine rings is 1. The van der Waals surface area contributed by atoms with Gasteiger partial charge in [-0.25, -0.2) is 28.2 Å². The summed E-state index contributed by atoms with van der Waals surface area (Å²) in [5.74, 6) is -0.00240. The molecule has 0 spiro atoms. The molecule has 12 heteroatoms. The fourth-order valence-corrected chi connectivity index (χ4v) is 4.86. The van der Waals surface area contributed by atoms with Gasteiger partial charge < -0.3 is 5.32 Å². The molecule has 0 unspecified atom stereocenters. The molecule has 3 N–H and O–H groups in total. The molecule has 0 saturated carbocycles. The van der Waals surface area contributed by atoms with Crippen LogP contribution in [0, 0.1) is 6.92 Å². The molecule has 4 aromatic rings. The Bertz CT molecular complexity index is 1530. The maximum atomic E-state index is 12.4. The highest BCUT2D eigenvalue weighted by atomic mass is 32.2. The van der Waals surface area contributed by atoms with Crippen molar-refractivity contribution in [1.82, 2.24) is 25.3 Å². The van der Waals surface area contributed by atoms with E-state index in [1.165, 1.54) is 11.3 Å². The minimum absolute atomic E-state index is 0.00240.